The average Bonchev–Trinajstić information content (AvgIpc) is 1.14. The Morgan fingerprint density at radius 2 is 1.11 bits per heavy atom. The number of aromatic nitrogens is 15. The van der Waals surface area contributed by atoms with Gasteiger partial charge in [0.2, 0.25) is 29.6 Å². The molecule has 0 spiro atoms. The van der Waals surface area contributed by atoms with Gasteiger partial charge >= 0.3 is 12.0 Å². The first-order valence-electron chi connectivity index (χ1n) is 42.5. The molecule has 654 valence electrons. The molecule has 1 amide bonds. The van der Waals surface area contributed by atoms with Crippen molar-refractivity contribution >= 4 is 78.9 Å². The van der Waals surface area contributed by atoms with Gasteiger partial charge in [-0.2, -0.15) is 5.10 Å². The molecular weight excluding hydrogens is 1660 g/mol. The quantitative estimate of drug-likeness (QED) is 0.0295. The van der Waals surface area contributed by atoms with E-state index in [4.69, 9.17) is 37.1 Å². The van der Waals surface area contributed by atoms with Gasteiger partial charge in [0.25, 0.3) is 10.0 Å². The molecule has 29 heteroatoms. The van der Waals surface area contributed by atoms with Crippen LogP contribution >= 0.6 is 11.3 Å². The number of rotatable bonds is 24. The summed E-state index contributed by atoms with van der Waals surface area (Å²) >= 11 is 1.70. The number of benzene rings is 7. The lowest BCUT2D eigenvalue weighted by atomic mass is 9.62. The van der Waals surface area contributed by atoms with Gasteiger partial charge in [-0.25, -0.2) is 52.1 Å². The number of fused-ring (bicyclic) bond motifs is 2. The first kappa shape index (κ1) is 87.6. The molecule has 10 aromatic heterocycles. The van der Waals surface area contributed by atoms with Crippen molar-refractivity contribution in [1.82, 2.24) is 78.7 Å². The first-order valence-corrected chi connectivity index (χ1v) is 44.8. The number of amides is 1. The summed E-state index contributed by atoms with van der Waals surface area (Å²) < 4.78 is 41.1. The maximum absolute atomic E-state index is 13.3. The predicted molar refractivity (Wildman–Crippen MR) is 504 cm³/mol. The molecule has 19 rings (SSSR count). The molecule has 10 heterocycles. The summed E-state index contributed by atoms with van der Waals surface area (Å²) in [6.07, 6.45) is 28.8. The number of ether oxygens (including phenoxy) is 1. The van der Waals surface area contributed by atoms with Gasteiger partial charge in [-0.1, -0.05) is 174 Å². The van der Waals surface area contributed by atoms with E-state index in [9.17, 15) is 23.1 Å². The number of H-pyrrole nitrogens is 2. The lowest BCUT2D eigenvalue weighted by molar-refractivity contribution is -0.129. The Kier molecular flexibility index (Phi) is 24.9. The van der Waals surface area contributed by atoms with Gasteiger partial charge in [-0.3, -0.25) is 14.5 Å². The zero-order valence-electron chi connectivity index (χ0n) is 72.9. The third-order valence-corrected chi connectivity index (χ3v) is 28.5. The summed E-state index contributed by atoms with van der Waals surface area (Å²) in [6.45, 7) is 16.4. The molecule has 3 atom stereocenters. The second kappa shape index (κ2) is 36.6. The van der Waals surface area contributed by atoms with E-state index in [0.29, 0.717) is 35.1 Å². The van der Waals surface area contributed by atoms with Gasteiger partial charge in [0.15, 0.2) is 0 Å². The number of nitrogens with one attached hydrogen (secondary N) is 2. The number of aromatic amines is 2. The predicted octanol–water partition coefficient (Wildman–Crippen LogP) is 18.7. The molecule has 17 aromatic rings. The van der Waals surface area contributed by atoms with Crippen molar-refractivity contribution in [3.63, 3.8) is 0 Å². The molecule has 0 aliphatic heterocycles. The number of aromatic carboxylic acids is 1. The normalized spacial score (nSPS) is 14.3. The van der Waals surface area contributed by atoms with E-state index in [1.54, 1.807) is 127 Å². The number of thiazole rings is 1. The Hall–Kier alpha value is -14.8. The summed E-state index contributed by atoms with van der Waals surface area (Å²) in [7, 11) is -0.167. The van der Waals surface area contributed by atoms with Crippen molar-refractivity contribution in [1.29, 1.82) is 0 Å². The minimum absolute atomic E-state index is 0.00920. The number of hydrogen-bond acceptors (Lipinski definition) is 22. The highest BCUT2D eigenvalue weighted by Gasteiger charge is 2.47. The Labute approximate surface area is 751 Å². The molecule has 0 saturated heterocycles. The molecule has 2 fully saturated rings. The molecule has 2 saturated carbocycles. The third kappa shape index (κ3) is 18.1. The largest absolute Gasteiger partial charge is 0.487 e. The molecule has 11 N–H and O–H groups in total. The van der Waals surface area contributed by atoms with Crippen LogP contribution in [0, 0.1) is 17.8 Å². The van der Waals surface area contributed by atoms with Gasteiger partial charge in [0.05, 0.1) is 27.2 Å². The number of carbonyl (C=O) groups excluding carboxylic acids is 1. The lowest BCUT2D eigenvalue weighted by Crippen LogP contribution is -2.38. The summed E-state index contributed by atoms with van der Waals surface area (Å²) in [6, 6.07) is 63.1. The average molecular weight is 1760 g/mol. The smallest absolute Gasteiger partial charge is 0.335 e. The van der Waals surface area contributed by atoms with Crippen molar-refractivity contribution in [3.05, 3.63) is 330 Å². The van der Waals surface area contributed by atoms with Crippen molar-refractivity contribution < 1.29 is 32.3 Å². The number of nitrogens with two attached hydrogens (primary N) is 4. The summed E-state index contributed by atoms with van der Waals surface area (Å²) in [5.41, 5.74) is 40.1. The zero-order valence-corrected chi connectivity index (χ0v) is 74.6. The van der Waals surface area contributed by atoms with E-state index in [1.807, 2.05) is 97.5 Å². The molecule has 0 radical (unpaired) electrons. The first-order chi connectivity index (χ1) is 62.1. The van der Waals surface area contributed by atoms with Gasteiger partial charge in [0.1, 0.15) is 23.9 Å². The highest BCUT2D eigenvalue weighted by molar-refractivity contribution is 7.90. The van der Waals surface area contributed by atoms with Crippen molar-refractivity contribution in [2.75, 3.05) is 37.0 Å². The standard InChI is InChI=1S/C26H26N2O3.C25H27N7OS.C25H25N7O.C24H22N4O2S/c1-17(2)26(3,23-15-28-24-14-18(25(29)30)7-12-22(23)24)19-8-10-21(11-9-19)31-16-20-6-4-5-13-27-20;1-25(20-8-9-20,19-6-4-16(5-7-19)17-10-28-24(26)29-11-17)23-27-13-21(34-23)18-12-30-32(14-18)15-22(33)31(2)3;1-14(2)25(3,18-7-4-15(5-8-18)17-11-29-23(26)30-12-17)20-13-28-21-10-16(6-9-19(20)21)22-31-32-24(27)33-22;25-23-26-16-19(17-27-23)18-9-11-20(12-10-18)24(13-5-14-24)22-8-4-15-28(22)31(29,30)21-6-2-1-3-7-21/h4-15,17,28H,16H2,1-3H3,(H,29,30);4-7,10-14,20H,8-9,15H2,1-3H3,(H2,26,28,29);4-14,28H,1-3H3,(H2,27,32)(H2,26,29,30);1-4,6-12,15-17H,5,13-14H2,(H2,25,26,27). The van der Waals surface area contributed by atoms with Gasteiger partial charge in [0, 0.05) is 165 Å². The van der Waals surface area contributed by atoms with Crippen LogP contribution in [0.25, 0.3) is 77.1 Å². The van der Waals surface area contributed by atoms with Crippen LogP contribution in [-0.4, -0.2) is 118 Å². The number of nitrogens with zero attached hydrogens (tertiary/aromatic N) is 14. The monoisotopic (exact) mass is 1760 g/mol. The number of pyridine rings is 1. The molecule has 2 aliphatic rings. The highest BCUT2D eigenvalue weighted by Crippen LogP contribution is 2.54. The number of hydrogen-bond donors (Lipinski definition) is 7. The minimum atomic E-state index is -3.66. The van der Waals surface area contributed by atoms with E-state index < -0.39 is 16.0 Å². The van der Waals surface area contributed by atoms with Crippen LogP contribution in [0.1, 0.15) is 141 Å². The number of carboxylic acids is 1. The fourth-order valence-electron chi connectivity index (χ4n) is 16.9. The van der Waals surface area contributed by atoms with E-state index in [0.717, 1.165) is 124 Å². The van der Waals surface area contributed by atoms with E-state index in [2.05, 4.69) is 194 Å². The molecule has 2 aliphatic carbocycles. The summed E-state index contributed by atoms with van der Waals surface area (Å²) in [5.74, 6) is 2.30. The fourth-order valence-corrected chi connectivity index (χ4v) is 19.5. The van der Waals surface area contributed by atoms with Crippen LogP contribution in [-0.2, 0) is 49.6 Å². The van der Waals surface area contributed by atoms with Crippen LogP contribution < -0.4 is 27.7 Å². The van der Waals surface area contributed by atoms with E-state index >= 15 is 0 Å². The van der Waals surface area contributed by atoms with Crippen molar-refractivity contribution in [2.24, 2.45) is 17.8 Å². The van der Waals surface area contributed by atoms with Crippen LogP contribution in [0.4, 0.5) is 23.9 Å². The Balaban J connectivity index is 0.000000126. The lowest BCUT2D eigenvalue weighted by Gasteiger charge is -2.43. The van der Waals surface area contributed by atoms with Gasteiger partial charge in [-0.15, -0.1) is 16.4 Å². The summed E-state index contributed by atoms with van der Waals surface area (Å²) in [5, 5.41) is 24.7. The number of likely N-dealkylation sites (N-methyl/N-ethyl adjacent to an activating group) is 1. The van der Waals surface area contributed by atoms with Gasteiger partial charge < -0.3 is 52.1 Å². The molecule has 3 unspecified atom stereocenters. The Morgan fingerprint density at radius 3 is 1.61 bits per heavy atom. The maximum Gasteiger partial charge on any atom is 0.335 e. The van der Waals surface area contributed by atoms with Crippen LogP contribution in [0.15, 0.2) is 284 Å². The maximum atomic E-state index is 13.3. The Bertz CT molecular complexity index is 6890. The van der Waals surface area contributed by atoms with Crippen LogP contribution in [0.5, 0.6) is 5.75 Å². The second-order valence-corrected chi connectivity index (χ2v) is 36.8. The molecule has 129 heavy (non-hydrogen) atoms. The highest BCUT2D eigenvalue weighted by atomic mass is 32.2. The fraction of sp³-hybridized carbons (Fsp3) is 0.230. The molecule has 27 nitrogen and oxygen atoms in total. The molecule has 0 bridgehead atoms. The van der Waals surface area contributed by atoms with Crippen molar-refractivity contribution in [3.8, 4) is 61.0 Å². The third-order valence-electron chi connectivity index (χ3n) is 25.5. The topological polar surface area (TPSA) is 401 Å². The number of anilines is 4. The van der Waals surface area contributed by atoms with Crippen molar-refractivity contribution in [2.45, 2.75) is 120 Å². The number of nitrogen functional groups attached to an aromatic ring is 4. The van der Waals surface area contributed by atoms with Crippen LogP contribution in [0.2, 0.25) is 0 Å². The Morgan fingerprint density at radius 1 is 0.581 bits per heavy atom. The zero-order chi connectivity index (χ0) is 90.5. The van der Waals surface area contributed by atoms with Crippen LogP contribution in [0.3, 0.4) is 0 Å². The minimum Gasteiger partial charge on any atom is -0.487 e. The molecular formula is C100H100N20O7S2. The van der Waals surface area contributed by atoms with E-state index in [-0.39, 0.29) is 63.5 Å². The SMILES string of the molecule is CC(C)C(C)(c1ccc(-c2cnc(N)nc2)cc1)c1c[nH]c2cc(-c3nnc(N)o3)ccc12.CC(C)C(C)(c1ccc(OCc2ccccn2)cc1)c1c[nH]c2cc(C(=O)O)ccc12.CN(C)C(=O)Cn1cc(-c2cnc(C(C)(c3ccc(-c4cnc(N)nc4)cc3)C3CC3)s2)cn1.Nc1ncc(-c2ccc(C3(c4cccn4S(=O)(=O)c4ccccc4)CCC3)cc2)cn1. The molecule has 7 aromatic carbocycles. The van der Waals surface area contributed by atoms with E-state index in [1.165, 1.54) is 39.1 Å². The number of carboxylic acid groups (broad SMARTS) is 1. The van der Waals surface area contributed by atoms with Gasteiger partial charge in [-0.05, 0) is 173 Å². The number of carbonyl (C=O) groups is 2. The second-order valence-electron chi connectivity index (χ2n) is 33.9. The summed E-state index contributed by atoms with van der Waals surface area (Å²) in [4.78, 5) is 66.6.